The highest BCUT2D eigenvalue weighted by Gasteiger charge is 2.09. The number of ketones is 1. The molecule has 0 aliphatic rings. The van der Waals surface area contributed by atoms with Gasteiger partial charge in [0.2, 0.25) is 0 Å². The molecule has 120 valence electrons. The quantitative estimate of drug-likeness (QED) is 0.600. The average molecular weight is 312 g/mol. The summed E-state index contributed by atoms with van der Waals surface area (Å²) in [5.74, 6) is 2.02. The highest BCUT2D eigenvalue weighted by Crippen LogP contribution is 2.30. The Kier molecular flexibility index (Phi) is 5.41. The first-order chi connectivity index (χ1) is 11.1. The minimum Gasteiger partial charge on any atom is -0.497 e. The fourth-order valence-electron chi connectivity index (χ4n) is 2.27. The number of allylic oxidation sites excluding steroid dienone is 1. The lowest BCUT2D eigenvalue weighted by molar-refractivity contribution is -0.111. The molecular weight excluding hydrogens is 292 g/mol. The number of hydrogen-bond acceptors (Lipinski definition) is 4. The summed E-state index contributed by atoms with van der Waals surface area (Å²) in [7, 11) is 4.78. The van der Waals surface area contributed by atoms with Crippen LogP contribution in [0.5, 0.6) is 17.2 Å². The van der Waals surface area contributed by atoms with Gasteiger partial charge in [-0.25, -0.2) is 0 Å². The Bertz CT molecular complexity index is 715. The Morgan fingerprint density at radius 1 is 0.870 bits per heavy atom. The molecule has 0 saturated heterocycles. The average Bonchev–Trinajstić information content (AvgIpc) is 2.59. The number of Topliss-reactive ketones (excluding diaryl/α,β-unsaturated/α-hetero) is 1. The predicted molar refractivity (Wildman–Crippen MR) is 91.1 cm³/mol. The standard InChI is InChI=1S/C19H20O4/c1-13(20)17(15-6-8-16(21-2)9-7-15)11-14-5-10-18(22-3)19(12-14)23-4/h5-12H,1-4H3/b17-11-. The van der Waals surface area contributed by atoms with E-state index in [9.17, 15) is 4.79 Å². The fourth-order valence-corrected chi connectivity index (χ4v) is 2.27. The third-order valence-corrected chi connectivity index (χ3v) is 3.50. The van der Waals surface area contributed by atoms with E-state index in [0.29, 0.717) is 17.1 Å². The van der Waals surface area contributed by atoms with Gasteiger partial charge in [-0.3, -0.25) is 4.79 Å². The van der Waals surface area contributed by atoms with Gasteiger partial charge in [-0.15, -0.1) is 0 Å². The molecule has 2 aromatic carbocycles. The summed E-state index contributed by atoms with van der Waals surface area (Å²) in [5.41, 5.74) is 2.33. The molecule has 0 bridgehead atoms. The first-order valence-corrected chi connectivity index (χ1v) is 7.18. The van der Waals surface area contributed by atoms with Gasteiger partial charge in [-0.05, 0) is 48.4 Å². The Morgan fingerprint density at radius 3 is 2.04 bits per heavy atom. The zero-order chi connectivity index (χ0) is 16.8. The molecule has 0 aromatic heterocycles. The highest BCUT2D eigenvalue weighted by molar-refractivity contribution is 6.24. The smallest absolute Gasteiger partial charge is 0.161 e. The van der Waals surface area contributed by atoms with Crippen molar-refractivity contribution in [3.05, 3.63) is 53.6 Å². The molecule has 2 rings (SSSR count). The number of hydrogen-bond donors (Lipinski definition) is 0. The van der Waals surface area contributed by atoms with Gasteiger partial charge in [0, 0.05) is 5.57 Å². The van der Waals surface area contributed by atoms with Crippen molar-refractivity contribution < 1.29 is 19.0 Å². The molecule has 0 radical (unpaired) electrons. The van der Waals surface area contributed by atoms with E-state index in [1.807, 2.05) is 48.5 Å². The molecule has 0 atom stereocenters. The fraction of sp³-hybridized carbons (Fsp3) is 0.211. The van der Waals surface area contributed by atoms with Gasteiger partial charge in [0.25, 0.3) is 0 Å². The Balaban J connectivity index is 2.44. The zero-order valence-electron chi connectivity index (χ0n) is 13.8. The third kappa shape index (κ3) is 3.92. The second kappa shape index (κ2) is 7.49. The van der Waals surface area contributed by atoms with E-state index in [1.54, 1.807) is 28.3 Å². The number of rotatable bonds is 6. The topological polar surface area (TPSA) is 44.8 Å². The lowest BCUT2D eigenvalue weighted by Gasteiger charge is -2.09. The number of carbonyl (C=O) groups excluding carboxylic acids is 1. The molecular formula is C19H20O4. The van der Waals surface area contributed by atoms with Crippen molar-refractivity contribution in [3.8, 4) is 17.2 Å². The van der Waals surface area contributed by atoms with E-state index >= 15 is 0 Å². The summed E-state index contributed by atoms with van der Waals surface area (Å²) in [6.45, 7) is 1.55. The Hall–Kier alpha value is -2.75. The number of carbonyl (C=O) groups is 1. The van der Waals surface area contributed by atoms with Crippen LogP contribution in [-0.4, -0.2) is 27.1 Å². The molecule has 0 saturated carbocycles. The zero-order valence-corrected chi connectivity index (χ0v) is 13.8. The van der Waals surface area contributed by atoms with Crippen molar-refractivity contribution in [2.24, 2.45) is 0 Å². The van der Waals surface area contributed by atoms with Crippen LogP contribution in [0, 0.1) is 0 Å². The molecule has 0 aliphatic carbocycles. The molecule has 0 amide bonds. The van der Waals surface area contributed by atoms with E-state index in [2.05, 4.69) is 0 Å². The van der Waals surface area contributed by atoms with Crippen molar-refractivity contribution in [3.63, 3.8) is 0 Å². The van der Waals surface area contributed by atoms with E-state index in [1.165, 1.54) is 0 Å². The van der Waals surface area contributed by atoms with Crippen LogP contribution < -0.4 is 14.2 Å². The normalized spacial score (nSPS) is 11.0. The summed E-state index contributed by atoms with van der Waals surface area (Å²) in [5, 5.41) is 0. The van der Waals surface area contributed by atoms with Crippen molar-refractivity contribution in [2.45, 2.75) is 6.92 Å². The van der Waals surface area contributed by atoms with E-state index in [0.717, 1.165) is 16.9 Å². The second-order valence-corrected chi connectivity index (χ2v) is 4.96. The van der Waals surface area contributed by atoms with Crippen LogP contribution >= 0.6 is 0 Å². The van der Waals surface area contributed by atoms with Crippen LogP contribution in [0.1, 0.15) is 18.1 Å². The van der Waals surface area contributed by atoms with E-state index in [-0.39, 0.29) is 5.78 Å². The summed E-state index contributed by atoms with van der Waals surface area (Å²) in [4.78, 5) is 12.0. The minimum absolute atomic E-state index is 0.00930. The van der Waals surface area contributed by atoms with Crippen molar-refractivity contribution >= 4 is 17.4 Å². The van der Waals surface area contributed by atoms with E-state index in [4.69, 9.17) is 14.2 Å². The minimum atomic E-state index is -0.00930. The van der Waals surface area contributed by atoms with Gasteiger partial charge in [0.15, 0.2) is 17.3 Å². The summed E-state index contributed by atoms with van der Waals surface area (Å²) < 4.78 is 15.7. The number of methoxy groups -OCH3 is 3. The molecule has 4 heteroatoms. The Morgan fingerprint density at radius 2 is 1.52 bits per heavy atom. The predicted octanol–water partition coefficient (Wildman–Crippen LogP) is 3.84. The van der Waals surface area contributed by atoms with Crippen LogP contribution in [0.2, 0.25) is 0 Å². The summed E-state index contributed by atoms with van der Waals surface area (Å²) in [6, 6.07) is 12.9. The van der Waals surface area contributed by atoms with Gasteiger partial charge in [0.1, 0.15) is 5.75 Å². The van der Waals surface area contributed by atoms with Crippen LogP contribution in [-0.2, 0) is 4.79 Å². The van der Waals surface area contributed by atoms with Gasteiger partial charge in [-0.2, -0.15) is 0 Å². The first-order valence-electron chi connectivity index (χ1n) is 7.18. The summed E-state index contributed by atoms with van der Waals surface area (Å²) in [6.07, 6.45) is 1.84. The first kappa shape index (κ1) is 16.6. The molecule has 0 heterocycles. The van der Waals surface area contributed by atoms with Gasteiger partial charge < -0.3 is 14.2 Å². The lowest BCUT2D eigenvalue weighted by Crippen LogP contribution is -1.97. The molecule has 0 spiro atoms. The van der Waals surface area contributed by atoms with Gasteiger partial charge in [-0.1, -0.05) is 18.2 Å². The number of ether oxygens (including phenoxy) is 3. The second-order valence-electron chi connectivity index (χ2n) is 4.96. The van der Waals surface area contributed by atoms with Crippen molar-refractivity contribution in [2.75, 3.05) is 21.3 Å². The summed E-state index contributed by atoms with van der Waals surface area (Å²) >= 11 is 0. The van der Waals surface area contributed by atoms with Crippen molar-refractivity contribution in [1.82, 2.24) is 0 Å². The molecule has 23 heavy (non-hydrogen) atoms. The highest BCUT2D eigenvalue weighted by atomic mass is 16.5. The lowest BCUT2D eigenvalue weighted by atomic mass is 9.99. The maximum absolute atomic E-state index is 12.0. The maximum Gasteiger partial charge on any atom is 0.161 e. The Labute approximate surface area is 136 Å². The van der Waals surface area contributed by atoms with Crippen LogP contribution in [0.3, 0.4) is 0 Å². The molecule has 0 aliphatic heterocycles. The molecule has 0 unspecified atom stereocenters. The molecule has 0 N–H and O–H groups in total. The van der Waals surface area contributed by atoms with Gasteiger partial charge in [0.05, 0.1) is 21.3 Å². The van der Waals surface area contributed by atoms with Crippen LogP contribution in [0.4, 0.5) is 0 Å². The maximum atomic E-state index is 12.0. The third-order valence-electron chi connectivity index (χ3n) is 3.50. The SMILES string of the molecule is COc1ccc(/C(=C\c2ccc(OC)c(OC)c2)C(C)=O)cc1. The number of benzene rings is 2. The molecule has 2 aromatic rings. The largest absolute Gasteiger partial charge is 0.497 e. The van der Waals surface area contributed by atoms with E-state index < -0.39 is 0 Å². The van der Waals surface area contributed by atoms with Crippen LogP contribution in [0.15, 0.2) is 42.5 Å². The van der Waals surface area contributed by atoms with Crippen molar-refractivity contribution in [1.29, 1.82) is 0 Å². The monoisotopic (exact) mass is 312 g/mol. The van der Waals surface area contributed by atoms with Gasteiger partial charge >= 0.3 is 0 Å². The van der Waals surface area contributed by atoms with Crippen LogP contribution in [0.25, 0.3) is 11.6 Å². The molecule has 4 nitrogen and oxygen atoms in total. The molecule has 0 fully saturated rings.